The molecular formula is C13H19F3N4O. The summed E-state index contributed by atoms with van der Waals surface area (Å²) in [6.07, 6.45) is -4.09. The zero-order chi connectivity index (χ0) is 15.0. The van der Waals surface area contributed by atoms with Gasteiger partial charge in [-0.25, -0.2) is 4.98 Å². The number of hydrogen-bond donors (Lipinski definition) is 1. The molecule has 0 radical (unpaired) electrons. The molecule has 0 spiro atoms. The maximum atomic E-state index is 13.2. The minimum absolute atomic E-state index is 0.210. The van der Waals surface area contributed by atoms with Crippen molar-refractivity contribution in [3.8, 4) is 0 Å². The Bertz CT molecular complexity index is 514. The molecule has 1 aromatic heterocycles. The van der Waals surface area contributed by atoms with Crippen molar-refractivity contribution in [1.29, 1.82) is 0 Å². The van der Waals surface area contributed by atoms with Crippen molar-refractivity contribution in [2.75, 3.05) is 33.3 Å². The molecule has 1 aromatic rings. The van der Waals surface area contributed by atoms with Crippen LogP contribution in [0.15, 0.2) is 0 Å². The smallest absolute Gasteiger partial charge is 0.374 e. The maximum Gasteiger partial charge on any atom is 0.449 e. The standard InChI is InChI=1S/C13H19F3N4O/c1-19-4-5-21-9(7-19)8-20-11-2-3-17-6-10(11)18-12(20)13(14,15)16/h9,17H,2-8H2,1H3. The molecule has 1 saturated heterocycles. The summed E-state index contributed by atoms with van der Waals surface area (Å²) >= 11 is 0. The van der Waals surface area contributed by atoms with Crippen LogP contribution >= 0.6 is 0 Å². The van der Waals surface area contributed by atoms with Crippen LogP contribution in [0, 0.1) is 0 Å². The molecule has 0 aromatic carbocycles. The van der Waals surface area contributed by atoms with Gasteiger partial charge >= 0.3 is 6.18 Å². The lowest BCUT2D eigenvalue weighted by Crippen LogP contribution is -2.42. The zero-order valence-corrected chi connectivity index (χ0v) is 11.9. The minimum Gasteiger partial charge on any atom is -0.374 e. The van der Waals surface area contributed by atoms with Gasteiger partial charge in [0.15, 0.2) is 0 Å². The van der Waals surface area contributed by atoms with Crippen molar-refractivity contribution in [3.05, 3.63) is 17.2 Å². The van der Waals surface area contributed by atoms with Crippen molar-refractivity contribution in [2.45, 2.75) is 31.8 Å². The van der Waals surface area contributed by atoms with E-state index < -0.39 is 12.0 Å². The molecule has 1 fully saturated rings. The van der Waals surface area contributed by atoms with Gasteiger partial charge in [0.2, 0.25) is 5.82 Å². The van der Waals surface area contributed by atoms with E-state index in [-0.39, 0.29) is 12.6 Å². The second-order valence-corrected chi connectivity index (χ2v) is 5.62. The van der Waals surface area contributed by atoms with Crippen LogP contribution < -0.4 is 5.32 Å². The van der Waals surface area contributed by atoms with E-state index in [2.05, 4.69) is 15.2 Å². The molecule has 1 N–H and O–H groups in total. The van der Waals surface area contributed by atoms with Crippen LogP contribution in [-0.2, 0) is 30.4 Å². The molecule has 0 bridgehead atoms. The lowest BCUT2D eigenvalue weighted by atomic mass is 10.1. The molecule has 2 aliphatic heterocycles. The van der Waals surface area contributed by atoms with Crippen molar-refractivity contribution in [1.82, 2.24) is 19.8 Å². The fraction of sp³-hybridized carbons (Fsp3) is 0.769. The number of ether oxygens (including phenoxy) is 1. The Labute approximate surface area is 121 Å². The number of rotatable bonds is 2. The first-order chi connectivity index (χ1) is 9.95. The molecule has 0 amide bonds. The molecule has 3 heterocycles. The summed E-state index contributed by atoms with van der Waals surface area (Å²) in [4.78, 5) is 5.89. The van der Waals surface area contributed by atoms with Gasteiger partial charge in [-0.3, -0.25) is 0 Å². The van der Waals surface area contributed by atoms with E-state index >= 15 is 0 Å². The van der Waals surface area contributed by atoms with Crippen LogP contribution in [0.25, 0.3) is 0 Å². The molecule has 0 aliphatic carbocycles. The molecule has 1 atom stereocenters. The van der Waals surface area contributed by atoms with Gasteiger partial charge in [-0.1, -0.05) is 0 Å². The largest absolute Gasteiger partial charge is 0.449 e. The van der Waals surface area contributed by atoms with E-state index in [4.69, 9.17) is 4.74 Å². The number of nitrogens with zero attached hydrogens (tertiary/aromatic N) is 3. The van der Waals surface area contributed by atoms with Crippen LogP contribution in [0.1, 0.15) is 17.2 Å². The average Bonchev–Trinajstić information content (AvgIpc) is 2.78. The van der Waals surface area contributed by atoms with E-state index in [1.807, 2.05) is 7.05 Å². The topological polar surface area (TPSA) is 42.3 Å². The van der Waals surface area contributed by atoms with Gasteiger partial charge in [-0.15, -0.1) is 0 Å². The highest BCUT2D eigenvalue weighted by Crippen LogP contribution is 2.31. The number of imidazole rings is 1. The van der Waals surface area contributed by atoms with Crippen molar-refractivity contribution < 1.29 is 17.9 Å². The second-order valence-electron chi connectivity index (χ2n) is 5.62. The fourth-order valence-corrected chi connectivity index (χ4v) is 2.96. The third kappa shape index (κ3) is 3.07. The highest BCUT2D eigenvalue weighted by molar-refractivity contribution is 5.22. The summed E-state index contributed by atoms with van der Waals surface area (Å²) in [6, 6.07) is 0. The number of likely N-dealkylation sites (N-methyl/N-ethyl adjacent to an activating group) is 1. The number of morpholine rings is 1. The van der Waals surface area contributed by atoms with Gasteiger partial charge in [0.25, 0.3) is 0 Å². The molecule has 118 valence electrons. The average molecular weight is 304 g/mol. The number of hydrogen-bond acceptors (Lipinski definition) is 4. The number of aromatic nitrogens is 2. The van der Waals surface area contributed by atoms with Crippen molar-refractivity contribution in [3.63, 3.8) is 0 Å². The SMILES string of the molecule is CN1CCOC(Cn2c(C(F)(F)F)nc3c2CCNC3)C1. The molecule has 2 aliphatic rings. The van der Waals surface area contributed by atoms with E-state index in [0.717, 1.165) is 6.54 Å². The van der Waals surface area contributed by atoms with E-state index in [1.165, 1.54) is 4.57 Å². The van der Waals surface area contributed by atoms with Gasteiger partial charge in [0.1, 0.15) is 0 Å². The molecule has 5 nitrogen and oxygen atoms in total. The third-order valence-corrected chi connectivity index (χ3v) is 3.97. The predicted molar refractivity (Wildman–Crippen MR) is 69.9 cm³/mol. The monoisotopic (exact) mass is 304 g/mol. The summed E-state index contributed by atoms with van der Waals surface area (Å²) in [5.41, 5.74) is 1.20. The van der Waals surface area contributed by atoms with Crippen molar-refractivity contribution in [2.24, 2.45) is 0 Å². The first-order valence-corrected chi connectivity index (χ1v) is 7.11. The predicted octanol–water partition coefficient (Wildman–Crippen LogP) is 0.878. The summed E-state index contributed by atoms with van der Waals surface area (Å²) in [5.74, 6) is -0.798. The molecule has 8 heteroatoms. The lowest BCUT2D eigenvalue weighted by Gasteiger charge is -2.31. The highest BCUT2D eigenvalue weighted by Gasteiger charge is 2.39. The third-order valence-electron chi connectivity index (χ3n) is 3.97. The quantitative estimate of drug-likeness (QED) is 0.881. The summed E-state index contributed by atoms with van der Waals surface area (Å²) in [6.45, 7) is 3.30. The summed E-state index contributed by atoms with van der Waals surface area (Å²) < 4.78 is 46.6. The molecular weight excluding hydrogens is 285 g/mol. The van der Waals surface area contributed by atoms with Crippen LogP contribution in [-0.4, -0.2) is 53.8 Å². The Hall–Kier alpha value is -1.12. The van der Waals surface area contributed by atoms with E-state index in [1.54, 1.807) is 0 Å². The normalized spacial score (nSPS) is 24.1. The first-order valence-electron chi connectivity index (χ1n) is 7.11. The van der Waals surface area contributed by atoms with Crippen molar-refractivity contribution >= 4 is 0 Å². The van der Waals surface area contributed by atoms with Crippen LogP contribution in [0.4, 0.5) is 13.2 Å². The Balaban J connectivity index is 1.90. The number of halogens is 3. The summed E-state index contributed by atoms with van der Waals surface area (Å²) in [5, 5.41) is 3.06. The summed E-state index contributed by atoms with van der Waals surface area (Å²) in [7, 11) is 1.95. The molecule has 0 saturated carbocycles. The molecule has 3 rings (SSSR count). The van der Waals surface area contributed by atoms with Gasteiger partial charge in [-0.2, -0.15) is 13.2 Å². The Morgan fingerprint density at radius 1 is 1.43 bits per heavy atom. The maximum absolute atomic E-state index is 13.2. The van der Waals surface area contributed by atoms with Gasteiger partial charge < -0.3 is 19.5 Å². The van der Waals surface area contributed by atoms with Gasteiger partial charge in [0.05, 0.1) is 24.9 Å². The van der Waals surface area contributed by atoms with Gasteiger partial charge in [0, 0.05) is 38.3 Å². The van der Waals surface area contributed by atoms with Gasteiger partial charge in [-0.05, 0) is 7.05 Å². The molecule has 21 heavy (non-hydrogen) atoms. The van der Waals surface area contributed by atoms with Crippen LogP contribution in [0.5, 0.6) is 0 Å². The highest BCUT2D eigenvalue weighted by atomic mass is 19.4. The minimum atomic E-state index is -4.43. The Kier molecular flexibility index (Phi) is 3.94. The second kappa shape index (κ2) is 5.58. The Morgan fingerprint density at radius 2 is 2.24 bits per heavy atom. The lowest BCUT2D eigenvalue weighted by molar-refractivity contribution is -0.148. The zero-order valence-electron chi connectivity index (χ0n) is 11.9. The first kappa shape index (κ1) is 14.8. The number of alkyl halides is 3. The van der Waals surface area contributed by atoms with Crippen LogP contribution in [0.3, 0.4) is 0 Å². The van der Waals surface area contributed by atoms with E-state index in [0.29, 0.717) is 44.0 Å². The molecule has 1 unspecified atom stereocenters. The number of fused-ring (bicyclic) bond motifs is 1. The van der Waals surface area contributed by atoms with Crippen LogP contribution in [0.2, 0.25) is 0 Å². The Morgan fingerprint density at radius 3 is 2.95 bits per heavy atom. The van der Waals surface area contributed by atoms with E-state index in [9.17, 15) is 13.2 Å². The fourth-order valence-electron chi connectivity index (χ4n) is 2.96. The number of nitrogens with one attached hydrogen (secondary N) is 1.